The number of halogens is 1. The van der Waals surface area contributed by atoms with E-state index in [1.165, 1.54) is 12.1 Å². The van der Waals surface area contributed by atoms with Gasteiger partial charge in [-0.2, -0.15) is 0 Å². The fraction of sp³-hybridized carbons (Fsp3) is 0.588. The van der Waals surface area contributed by atoms with Crippen molar-refractivity contribution in [3.63, 3.8) is 0 Å². The van der Waals surface area contributed by atoms with Crippen molar-refractivity contribution in [2.45, 2.75) is 39.2 Å². The lowest BCUT2D eigenvalue weighted by Crippen LogP contribution is -2.36. The van der Waals surface area contributed by atoms with E-state index in [4.69, 9.17) is 4.74 Å². The number of carbonyl (C=O) groups is 1. The Labute approximate surface area is 127 Å². The predicted molar refractivity (Wildman–Crippen MR) is 83.2 cm³/mol. The quantitative estimate of drug-likeness (QED) is 0.618. The molecule has 1 unspecified atom stereocenters. The van der Waals surface area contributed by atoms with Gasteiger partial charge in [-0.3, -0.25) is 9.69 Å². The van der Waals surface area contributed by atoms with Crippen LogP contribution in [0.1, 0.15) is 43.5 Å². The molecule has 0 saturated carbocycles. The zero-order valence-corrected chi connectivity index (χ0v) is 13.3. The molecule has 0 amide bonds. The molecule has 21 heavy (non-hydrogen) atoms. The largest absolute Gasteiger partial charge is 0.383 e. The normalized spacial score (nSPS) is 12.6. The molecule has 0 heterocycles. The summed E-state index contributed by atoms with van der Waals surface area (Å²) in [5.74, 6) is -0.236. The molecule has 118 valence electrons. The third-order valence-electron chi connectivity index (χ3n) is 3.81. The summed E-state index contributed by atoms with van der Waals surface area (Å²) in [6.07, 6.45) is 2.38. The average molecular weight is 295 g/mol. The number of hydrogen-bond acceptors (Lipinski definition) is 3. The van der Waals surface area contributed by atoms with E-state index in [-0.39, 0.29) is 11.6 Å². The average Bonchev–Trinajstić information content (AvgIpc) is 2.50. The van der Waals surface area contributed by atoms with E-state index in [0.29, 0.717) is 24.6 Å². The number of methoxy groups -OCH3 is 1. The molecule has 0 N–H and O–H groups in total. The monoisotopic (exact) mass is 295 g/mol. The Hall–Kier alpha value is -1.26. The molecule has 1 aromatic rings. The Morgan fingerprint density at radius 1 is 1.29 bits per heavy atom. The van der Waals surface area contributed by atoms with Crippen LogP contribution in [-0.2, 0) is 4.74 Å². The molecule has 4 heteroatoms. The highest BCUT2D eigenvalue weighted by atomic mass is 19.1. The topological polar surface area (TPSA) is 29.5 Å². The predicted octanol–water partition coefficient (Wildman–Crippen LogP) is 3.54. The van der Waals surface area contributed by atoms with E-state index in [0.717, 1.165) is 25.9 Å². The zero-order valence-electron chi connectivity index (χ0n) is 13.3. The summed E-state index contributed by atoms with van der Waals surface area (Å²) in [5, 5.41) is 0. The minimum absolute atomic E-state index is 0.0749. The van der Waals surface area contributed by atoms with Gasteiger partial charge in [0.25, 0.3) is 0 Å². The highest BCUT2D eigenvalue weighted by molar-refractivity contribution is 5.95. The van der Waals surface area contributed by atoms with Gasteiger partial charge < -0.3 is 4.74 Å². The number of ether oxygens (including phenoxy) is 1. The van der Waals surface area contributed by atoms with Gasteiger partial charge in [-0.05, 0) is 50.6 Å². The van der Waals surface area contributed by atoms with Gasteiger partial charge in [-0.15, -0.1) is 0 Å². The Bertz CT molecular complexity index is 419. The van der Waals surface area contributed by atoms with Crippen molar-refractivity contribution in [2.24, 2.45) is 0 Å². The minimum atomic E-state index is -0.311. The number of carbonyl (C=O) groups excluding carboxylic acids is 1. The summed E-state index contributed by atoms with van der Waals surface area (Å²) in [5.41, 5.74) is 0.586. The van der Waals surface area contributed by atoms with Crippen LogP contribution in [0.2, 0.25) is 0 Å². The Morgan fingerprint density at radius 3 is 2.52 bits per heavy atom. The first kappa shape index (κ1) is 17.8. The second-order valence-electron chi connectivity index (χ2n) is 5.32. The SMILES string of the molecule is CCC(C)N(CCCC(=O)c1ccc(F)cc1)CCOC. The Morgan fingerprint density at radius 2 is 1.95 bits per heavy atom. The summed E-state index contributed by atoms with van der Waals surface area (Å²) < 4.78 is 18.0. The first-order chi connectivity index (χ1) is 10.1. The van der Waals surface area contributed by atoms with Crippen molar-refractivity contribution in [1.29, 1.82) is 0 Å². The molecule has 0 aliphatic rings. The molecule has 0 saturated heterocycles. The summed E-state index contributed by atoms with van der Waals surface area (Å²) >= 11 is 0. The molecule has 1 atom stereocenters. The van der Waals surface area contributed by atoms with Crippen molar-refractivity contribution < 1.29 is 13.9 Å². The minimum Gasteiger partial charge on any atom is -0.383 e. The standard InChI is InChI=1S/C17H26FNO2/c1-4-14(2)19(12-13-21-3)11-5-6-17(20)15-7-9-16(18)10-8-15/h7-10,14H,4-6,11-13H2,1-3H3. The summed E-state index contributed by atoms with van der Waals surface area (Å²) in [6, 6.07) is 6.25. The third kappa shape index (κ3) is 6.36. The van der Waals surface area contributed by atoms with Crippen LogP contribution >= 0.6 is 0 Å². The van der Waals surface area contributed by atoms with Crippen LogP contribution in [0.4, 0.5) is 4.39 Å². The second-order valence-corrected chi connectivity index (χ2v) is 5.32. The van der Waals surface area contributed by atoms with Crippen LogP contribution in [0.15, 0.2) is 24.3 Å². The number of rotatable bonds is 10. The van der Waals surface area contributed by atoms with Crippen LogP contribution in [0.3, 0.4) is 0 Å². The van der Waals surface area contributed by atoms with Gasteiger partial charge in [0, 0.05) is 31.7 Å². The maximum Gasteiger partial charge on any atom is 0.162 e. The van der Waals surface area contributed by atoms with E-state index < -0.39 is 0 Å². The molecule has 0 aromatic heterocycles. The number of nitrogens with zero attached hydrogens (tertiary/aromatic N) is 1. The molecule has 1 aromatic carbocycles. The number of ketones is 1. The summed E-state index contributed by atoms with van der Waals surface area (Å²) in [6.45, 7) is 6.82. The maximum atomic E-state index is 12.8. The van der Waals surface area contributed by atoms with E-state index in [9.17, 15) is 9.18 Å². The van der Waals surface area contributed by atoms with E-state index >= 15 is 0 Å². The number of hydrogen-bond donors (Lipinski definition) is 0. The van der Waals surface area contributed by atoms with Crippen LogP contribution in [0.25, 0.3) is 0 Å². The fourth-order valence-electron chi connectivity index (χ4n) is 2.24. The highest BCUT2D eigenvalue weighted by Gasteiger charge is 2.13. The lowest BCUT2D eigenvalue weighted by molar-refractivity contribution is 0.0956. The van der Waals surface area contributed by atoms with Crippen molar-refractivity contribution in [1.82, 2.24) is 4.90 Å². The summed E-state index contributed by atoms with van der Waals surface area (Å²) in [4.78, 5) is 14.4. The van der Waals surface area contributed by atoms with Gasteiger partial charge in [0.05, 0.1) is 6.61 Å². The summed E-state index contributed by atoms with van der Waals surface area (Å²) in [7, 11) is 1.70. The van der Waals surface area contributed by atoms with Gasteiger partial charge in [0.15, 0.2) is 5.78 Å². The molecule has 1 rings (SSSR count). The Kier molecular flexibility index (Phi) is 8.16. The molecular formula is C17H26FNO2. The van der Waals surface area contributed by atoms with E-state index in [2.05, 4.69) is 18.7 Å². The molecule has 0 aliphatic heterocycles. The number of benzene rings is 1. The molecule has 0 aliphatic carbocycles. The van der Waals surface area contributed by atoms with Gasteiger partial charge in [-0.25, -0.2) is 4.39 Å². The van der Waals surface area contributed by atoms with E-state index in [1.54, 1.807) is 19.2 Å². The van der Waals surface area contributed by atoms with Gasteiger partial charge >= 0.3 is 0 Å². The van der Waals surface area contributed by atoms with Crippen LogP contribution < -0.4 is 0 Å². The van der Waals surface area contributed by atoms with Crippen LogP contribution in [-0.4, -0.2) is 43.5 Å². The second kappa shape index (κ2) is 9.64. The van der Waals surface area contributed by atoms with Gasteiger partial charge in [0.2, 0.25) is 0 Å². The molecule has 0 radical (unpaired) electrons. The lowest BCUT2D eigenvalue weighted by Gasteiger charge is -2.28. The smallest absolute Gasteiger partial charge is 0.162 e. The molecule has 0 bridgehead atoms. The van der Waals surface area contributed by atoms with Crippen molar-refractivity contribution in [3.8, 4) is 0 Å². The van der Waals surface area contributed by atoms with Crippen molar-refractivity contribution >= 4 is 5.78 Å². The van der Waals surface area contributed by atoms with E-state index in [1.807, 2.05) is 0 Å². The number of Topliss-reactive ketones (excluding diaryl/α,β-unsaturated/α-hetero) is 1. The first-order valence-corrected chi connectivity index (χ1v) is 7.60. The van der Waals surface area contributed by atoms with Gasteiger partial charge in [0.1, 0.15) is 5.82 Å². The molecule has 0 spiro atoms. The van der Waals surface area contributed by atoms with Gasteiger partial charge in [-0.1, -0.05) is 6.92 Å². The maximum absolute atomic E-state index is 12.8. The van der Waals surface area contributed by atoms with Crippen LogP contribution in [0.5, 0.6) is 0 Å². The molecule has 3 nitrogen and oxygen atoms in total. The fourth-order valence-corrected chi connectivity index (χ4v) is 2.24. The molecule has 0 fully saturated rings. The zero-order chi connectivity index (χ0) is 15.7. The lowest BCUT2D eigenvalue weighted by atomic mass is 10.1. The van der Waals surface area contributed by atoms with Crippen LogP contribution in [0, 0.1) is 5.82 Å². The highest BCUT2D eigenvalue weighted by Crippen LogP contribution is 2.10. The Balaban J connectivity index is 2.41. The van der Waals surface area contributed by atoms with Crippen molar-refractivity contribution in [2.75, 3.05) is 26.8 Å². The third-order valence-corrected chi connectivity index (χ3v) is 3.81. The van der Waals surface area contributed by atoms with Crippen molar-refractivity contribution in [3.05, 3.63) is 35.6 Å². The first-order valence-electron chi connectivity index (χ1n) is 7.60. The molecular weight excluding hydrogens is 269 g/mol.